The van der Waals surface area contributed by atoms with Crippen LogP contribution in [0, 0.1) is 0 Å². The molecule has 6 aromatic rings. The highest BCUT2D eigenvalue weighted by Gasteiger charge is 2.37. The molecule has 0 saturated carbocycles. The maximum atomic E-state index is 9.95. The van der Waals surface area contributed by atoms with Gasteiger partial charge in [0.1, 0.15) is 37.9 Å². The summed E-state index contributed by atoms with van der Waals surface area (Å²) >= 11 is 0. The van der Waals surface area contributed by atoms with Crippen molar-refractivity contribution < 1.29 is 39.4 Å². The van der Waals surface area contributed by atoms with Crippen molar-refractivity contribution in [2.45, 2.75) is 62.9 Å². The molecular weight excluding hydrogens is 676 g/mol. The van der Waals surface area contributed by atoms with Crippen molar-refractivity contribution in [3.63, 3.8) is 0 Å². The van der Waals surface area contributed by atoms with Crippen LogP contribution in [-0.2, 0) is 22.7 Å². The van der Waals surface area contributed by atoms with Crippen LogP contribution in [0.3, 0.4) is 0 Å². The van der Waals surface area contributed by atoms with E-state index in [4.69, 9.17) is 30.4 Å². The van der Waals surface area contributed by atoms with Gasteiger partial charge >= 0.3 is 0 Å². The molecule has 6 heterocycles. The number of aliphatic hydroxyl groups excluding tert-OH is 4. The molecule has 18 nitrogen and oxygen atoms in total. The van der Waals surface area contributed by atoms with Crippen LogP contribution in [0.5, 0.6) is 11.8 Å². The molecule has 0 aliphatic carbocycles. The standard InChI is InChI=1S/2C17H19N5O4/c2*18-17-20-15-14(16(21-17)25-8-10-4-2-1-3-5-10)19-9-22(15)13-6-11(24)12(7-23)26-13/h2*1-5,9,11-13,23-24H,6-8H2,(H2,18,20,21)/t2*11-,12+,13+/m00/s1. The lowest BCUT2D eigenvalue weighted by atomic mass is 10.2. The Balaban J connectivity index is 0.000000162. The van der Waals surface area contributed by atoms with Crippen LogP contribution in [0.25, 0.3) is 22.3 Å². The maximum Gasteiger partial charge on any atom is 0.247 e. The molecule has 0 unspecified atom stereocenters. The molecule has 0 bridgehead atoms. The Kier molecular flexibility index (Phi) is 10.3. The number of rotatable bonds is 10. The van der Waals surface area contributed by atoms with E-state index in [1.807, 2.05) is 60.7 Å². The number of aromatic nitrogens is 8. The number of nitrogens with zero attached hydrogens (tertiary/aromatic N) is 8. The molecule has 6 atom stereocenters. The summed E-state index contributed by atoms with van der Waals surface area (Å²) in [4.78, 5) is 25.4. The summed E-state index contributed by atoms with van der Waals surface area (Å²) in [5, 5.41) is 38.4. The van der Waals surface area contributed by atoms with Gasteiger partial charge in [0.15, 0.2) is 22.3 Å². The summed E-state index contributed by atoms with van der Waals surface area (Å²) in [6, 6.07) is 19.4. The Bertz CT molecular complexity index is 1950. The van der Waals surface area contributed by atoms with Gasteiger partial charge in [-0.05, 0) is 11.1 Å². The van der Waals surface area contributed by atoms with Gasteiger partial charge in [-0.25, -0.2) is 9.97 Å². The monoisotopic (exact) mass is 714 g/mol. The normalized spacial score (nSPS) is 22.8. The maximum absolute atomic E-state index is 9.95. The highest BCUT2D eigenvalue weighted by molar-refractivity contribution is 5.78. The van der Waals surface area contributed by atoms with Crippen molar-refractivity contribution >= 4 is 34.2 Å². The molecule has 0 amide bonds. The topological polar surface area (TPSA) is 257 Å². The van der Waals surface area contributed by atoms with Crippen LogP contribution in [0.1, 0.15) is 36.4 Å². The van der Waals surface area contributed by atoms with E-state index in [0.717, 1.165) is 11.1 Å². The van der Waals surface area contributed by atoms with E-state index >= 15 is 0 Å². The van der Waals surface area contributed by atoms with Crippen LogP contribution in [0.2, 0.25) is 0 Å². The van der Waals surface area contributed by atoms with E-state index in [2.05, 4.69) is 29.9 Å². The van der Waals surface area contributed by atoms with Crippen molar-refractivity contribution in [3.05, 3.63) is 84.4 Å². The molecule has 0 spiro atoms. The first-order valence-corrected chi connectivity index (χ1v) is 16.5. The van der Waals surface area contributed by atoms with E-state index in [0.29, 0.717) is 48.4 Å². The fraction of sp³-hybridized carbons (Fsp3) is 0.353. The van der Waals surface area contributed by atoms with Crippen molar-refractivity contribution in [1.82, 2.24) is 39.0 Å². The third-order valence-corrected chi connectivity index (χ3v) is 8.64. The highest BCUT2D eigenvalue weighted by atomic mass is 16.5. The minimum absolute atomic E-state index is 0.0552. The van der Waals surface area contributed by atoms with Crippen LogP contribution >= 0.6 is 0 Å². The predicted octanol–water partition coefficient (Wildman–Crippen LogP) is 1.26. The fourth-order valence-electron chi connectivity index (χ4n) is 5.99. The van der Waals surface area contributed by atoms with E-state index in [-0.39, 0.29) is 36.9 Å². The number of ether oxygens (including phenoxy) is 4. The lowest BCUT2D eigenvalue weighted by Crippen LogP contribution is -2.24. The molecule has 2 aliphatic heterocycles. The Hall–Kier alpha value is -5.50. The lowest BCUT2D eigenvalue weighted by Gasteiger charge is -2.14. The van der Waals surface area contributed by atoms with Gasteiger partial charge in [-0.1, -0.05) is 60.7 Å². The van der Waals surface area contributed by atoms with Gasteiger partial charge in [-0.2, -0.15) is 19.9 Å². The molecular formula is C34H38N10O8. The van der Waals surface area contributed by atoms with Gasteiger partial charge < -0.3 is 50.8 Å². The molecule has 52 heavy (non-hydrogen) atoms. The molecule has 0 radical (unpaired) electrons. The Morgan fingerprint density at radius 1 is 0.635 bits per heavy atom. The van der Waals surface area contributed by atoms with E-state index in [9.17, 15) is 20.4 Å². The van der Waals surface area contributed by atoms with Crippen molar-refractivity contribution in [2.24, 2.45) is 0 Å². The van der Waals surface area contributed by atoms with Crippen molar-refractivity contribution in [1.29, 1.82) is 0 Å². The van der Waals surface area contributed by atoms with Crippen LogP contribution in [-0.4, -0.2) is 97.1 Å². The fourth-order valence-corrected chi connectivity index (χ4v) is 5.99. The zero-order valence-corrected chi connectivity index (χ0v) is 27.8. The second-order valence-corrected chi connectivity index (χ2v) is 12.2. The SMILES string of the molecule is Nc1nc(OCc2ccccc2)c2ncn([C@H]3C[C@H](O)[C@@H](CO)O3)c2n1.Nc1nc(OCc2ccccc2)c2ncn([C@H]3C[C@H](O)[C@@H](CO)O3)c2n1. The smallest absolute Gasteiger partial charge is 0.247 e. The Labute approximate surface area is 296 Å². The van der Waals surface area contributed by atoms with Gasteiger partial charge in [-0.15, -0.1) is 0 Å². The average Bonchev–Trinajstić information content (AvgIpc) is 3.95. The summed E-state index contributed by atoms with van der Waals surface area (Å²) in [5.41, 5.74) is 15.5. The number of benzene rings is 2. The van der Waals surface area contributed by atoms with E-state index in [1.54, 1.807) is 21.8 Å². The lowest BCUT2D eigenvalue weighted by molar-refractivity contribution is -0.0432. The van der Waals surface area contributed by atoms with Crippen LogP contribution in [0.15, 0.2) is 73.3 Å². The molecule has 4 aromatic heterocycles. The minimum Gasteiger partial charge on any atom is -0.471 e. The first-order chi connectivity index (χ1) is 25.3. The van der Waals surface area contributed by atoms with Gasteiger partial charge in [0.05, 0.1) is 38.1 Å². The first kappa shape index (κ1) is 34.9. The summed E-state index contributed by atoms with van der Waals surface area (Å²) in [7, 11) is 0. The number of hydrogen-bond acceptors (Lipinski definition) is 16. The summed E-state index contributed by atoms with van der Waals surface area (Å²) in [6.07, 6.45) is -0.0355. The number of fused-ring (bicyclic) bond motifs is 2. The number of nitrogens with two attached hydrogens (primary N) is 2. The third-order valence-electron chi connectivity index (χ3n) is 8.64. The Morgan fingerprint density at radius 2 is 1.04 bits per heavy atom. The highest BCUT2D eigenvalue weighted by Crippen LogP contribution is 2.34. The van der Waals surface area contributed by atoms with Gasteiger partial charge in [0.2, 0.25) is 23.7 Å². The quantitative estimate of drug-likeness (QED) is 0.117. The number of hydrogen-bond donors (Lipinski definition) is 6. The van der Waals surface area contributed by atoms with Gasteiger partial charge in [-0.3, -0.25) is 9.13 Å². The molecule has 2 aromatic carbocycles. The predicted molar refractivity (Wildman–Crippen MR) is 184 cm³/mol. The number of aliphatic hydroxyl groups is 4. The van der Waals surface area contributed by atoms with E-state index < -0.39 is 36.9 Å². The second kappa shape index (κ2) is 15.4. The zero-order chi connectivity index (χ0) is 36.2. The molecule has 2 saturated heterocycles. The third kappa shape index (κ3) is 7.42. The van der Waals surface area contributed by atoms with Crippen molar-refractivity contribution in [3.8, 4) is 11.8 Å². The summed E-state index contributed by atoms with van der Waals surface area (Å²) in [5.74, 6) is 0.679. The molecule has 18 heteroatoms. The zero-order valence-electron chi connectivity index (χ0n) is 27.8. The summed E-state index contributed by atoms with van der Waals surface area (Å²) in [6.45, 7) is 0.134. The molecule has 272 valence electrons. The molecule has 2 aliphatic rings. The van der Waals surface area contributed by atoms with Crippen LogP contribution in [0.4, 0.5) is 11.9 Å². The van der Waals surface area contributed by atoms with Crippen LogP contribution < -0.4 is 20.9 Å². The number of anilines is 2. The molecule has 8 rings (SSSR count). The number of imidazole rings is 2. The Morgan fingerprint density at radius 3 is 1.40 bits per heavy atom. The molecule has 8 N–H and O–H groups in total. The van der Waals surface area contributed by atoms with Crippen molar-refractivity contribution in [2.75, 3.05) is 24.7 Å². The number of nitrogen functional groups attached to an aromatic ring is 2. The molecule has 2 fully saturated rings. The second-order valence-electron chi connectivity index (χ2n) is 12.2. The summed E-state index contributed by atoms with van der Waals surface area (Å²) < 4.78 is 26.2. The van der Waals surface area contributed by atoms with Gasteiger partial charge in [0.25, 0.3) is 0 Å². The average molecular weight is 715 g/mol. The minimum atomic E-state index is -0.754. The van der Waals surface area contributed by atoms with Gasteiger partial charge in [0, 0.05) is 12.8 Å². The largest absolute Gasteiger partial charge is 0.471 e. The van der Waals surface area contributed by atoms with E-state index in [1.165, 1.54) is 0 Å². The first-order valence-electron chi connectivity index (χ1n) is 16.5.